The van der Waals surface area contributed by atoms with Gasteiger partial charge in [0.05, 0.1) is 11.7 Å². The Morgan fingerprint density at radius 1 is 1.29 bits per heavy atom. The first-order valence-electron chi connectivity index (χ1n) is 7.95. The number of carbonyl (C=O) groups is 1. The third-order valence-corrected chi connectivity index (χ3v) is 5.18. The highest BCUT2D eigenvalue weighted by Gasteiger charge is 2.32. The Balaban J connectivity index is 1.58. The molecule has 1 aromatic carbocycles. The largest absolute Gasteiger partial charge is 0.368 e. The Kier molecular flexibility index (Phi) is 5.65. The lowest BCUT2D eigenvalue weighted by molar-refractivity contribution is -0.123. The van der Waals surface area contributed by atoms with Crippen LogP contribution < -0.4 is 10.6 Å². The van der Waals surface area contributed by atoms with Crippen molar-refractivity contribution in [3.63, 3.8) is 0 Å². The summed E-state index contributed by atoms with van der Waals surface area (Å²) >= 11 is 7.13. The molecular formula is C16H20ClN5OS. The van der Waals surface area contributed by atoms with Gasteiger partial charge in [0.25, 0.3) is 0 Å². The van der Waals surface area contributed by atoms with Gasteiger partial charge < -0.3 is 10.6 Å². The average molecular weight is 366 g/mol. The van der Waals surface area contributed by atoms with Gasteiger partial charge >= 0.3 is 0 Å². The van der Waals surface area contributed by atoms with Crippen molar-refractivity contribution in [2.75, 3.05) is 31.1 Å². The van der Waals surface area contributed by atoms with Crippen LogP contribution in [0.2, 0.25) is 5.15 Å². The molecule has 1 aliphatic rings. The lowest BCUT2D eigenvalue weighted by Gasteiger charge is -2.40. The Labute approximate surface area is 150 Å². The predicted octanol–water partition coefficient (Wildman–Crippen LogP) is 1.80. The maximum atomic E-state index is 11.9. The number of amides is 1. The number of anilines is 1. The molecule has 1 atom stereocenters. The summed E-state index contributed by atoms with van der Waals surface area (Å²) in [7, 11) is 0. The van der Waals surface area contributed by atoms with Crippen LogP contribution in [0.4, 0.5) is 5.82 Å². The highest BCUT2D eigenvalue weighted by atomic mass is 35.5. The number of hydrogen-bond acceptors (Lipinski definition) is 6. The van der Waals surface area contributed by atoms with Gasteiger partial charge in [-0.3, -0.25) is 9.69 Å². The molecule has 0 aliphatic carbocycles. The zero-order chi connectivity index (χ0) is 16.9. The number of nitrogens with zero attached hydrogens (tertiary/aromatic N) is 4. The molecule has 0 spiro atoms. The topological polar surface area (TPSA) is 75.4 Å². The SMILES string of the molecule is NC(=O)C1CN(c2nsnc2Cl)CCN1CCCc1ccccc1. The van der Waals surface area contributed by atoms with Crippen molar-refractivity contribution in [1.82, 2.24) is 13.6 Å². The first kappa shape index (κ1) is 17.1. The molecule has 3 rings (SSSR count). The van der Waals surface area contributed by atoms with Crippen molar-refractivity contribution in [2.24, 2.45) is 5.73 Å². The molecule has 1 fully saturated rings. The molecule has 1 aromatic heterocycles. The Morgan fingerprint density at radius 2 is 2.08 bits per heavy atom. The maximum Gasteiger partial charge on any atom is 0.236 e. The van der Waals surface area contributed by atoms with E-state index in [4.69, 9.17) is 17.3 Å². The minimum atomic E-state index is -0.327. The van der Waals surface area contributed by atoms with E-state index in [1.54, 1.807) is 0 Å². The number of nitrogens with two attached hydrogens (primary N) is 1. The second-order valence-electron chi connectivity index (χ2n) is 5.87. The zero-order valence-corrected chi connectivity index (χ0v) is 14.8. The smallest absolute Gasteiger partial charge is 0.236 e. The van der Waals surface area contributed by atoms with E-state index in [-0.39, 0.29) is 11.9 Å². The van der Waals surface area contributed by atoms with Crippen LogP contribution in [-0.4, -0.2) is 51.8 Å². The number of hydrogen-bond donors (Lipinski definition) is 1. The predicted molar refractivity (Wildman–Crippen MR) is 96.5 cm³/mol. The molecule has 8 heteroatoms. The molecule has 1 amide bonds. The highest BCUT2D eigenvalue weighted by molar-refractivity contribution is 6.99. The normalized spacial score (nSPS) is 18.7. The minimum Gasteiger partial charge on any atom is -0.368 e. The Bertz CT molecular complexity index is 680. The van der Waals surface area contributed by atoms with Gasteiger partial charge in [0.15, 0.2) is 11.0 Å². The quantitative estimate of drug-likeness (QED) is 0.844. The Morgan fingerprint density at radius 3 is 2.75 bits per heavy atom. The third kappa shape index (κ3) is 4.03. The van der Waals surface area contributed by atoms with Gasteiger partial charge in [-0.15, -0.1) is 0 Å². The number of carbonyl (C=O) groups excluding carboxylic acids is 1. The molecule has 1 unspecified atom stereocenters. The van der Waals surface area contributed by atoms with Crippen LogP contribution in [0.3, 0.4) is 0 Å². The molecule has 2 N–H and O–H groups in total. The van der Waals surface area contributed by atoms with E-state index in [1.165, 1.54) is 5.56 Å². The molecule has 1 saturated heterocycles. The number of aromatic nitrogens is 2. The van der Waals surface area contributed by atoms with Gasteiger partial charge in [0.2, 0.25) is 5.91 Å². The molecule has 6 nitrogen and oxygen atoms in total. The summed E-state index contributed by atoms with van der Waals surface area (Å²) in [6.07, 6.45) is 1.99. The van der Waals surface area contributed by atoms with Crippen LogP contribution in [-0.2, 0) is 11.2 Å². The van der Waals surface area contributed by atoms with Gasteiger partial charge in [0.1, 0.15) is 6.04 Å². The van der Waals surface area contributed by atoms with Crippen LogP contribution in [0.5, 0.6) is 0 Å². The van der Waals surface area contributed by atoms with Crippen LogP contribution in [0.15, 0.2) is 30.3 Å². The van der Waals surface area contributed by atoms with Crippen molar-refractivity contribution in [1.29, 1.82) is 0 Å². The Hall–Kier alpha value is -1.70. The van der Waals surface area contributed by atoms with E-state index >= 15 is 0 Å². The number of primary amides is 1. The van der Waals surface area contributed by atoms with Crippen molar-refractivity contribution in [2.45, 2.75) is 18.9 Å². The van der Waals surface area contributed by atoms with Crippen LogP contribution in [0.1, 0.15) is 12.0 Å². The fraction of sp³-hybridized carbons (Fsp3) is 0.438. The maximum absolute atomic E-state index is 11.9. The van der Waals surface area contributed by atoms with Gasteiger partial charge in [0, 0.05) is 19.6 Å². The average Bonchev–Trinajstić information content (AvgIpc) is 3.02. The molecule has 2 aromatic rings. The van der Waals surface area contributed by atoms with E-state index in [0.29, 0.717) is 17.5 Å². The minimum absolute atomic E-state index is 0.307. The van der Waals surface area contributed by atoms with Crippen LogP contribution in [0.25, 0.3) is 0 Å². The fourth-order valence-electron chi connectivity index (χ4n) is 3.04. The van der Waals surface area contributed by atoms with Crippen molar-refractivity contribution in [3.8, 4) is 0 Å². The van der Waals surface area contributed by atoms with Crippen molar-refractivity contribution in [3.05, 3.63) is 41.0 Å². The number of aryl methyl sites for hydroxylation is 1. The summed E-state index contributed by atoms with van der Waals surface area (Å²) in [5, 5.41) is 0.390. The van der Waals surface area contributed by atoms with E-state index in [0.717, 1.165) is 44.2 Å². The first-order chi connectivity index (χ1) is 11.6. The summed E-state index contributed by atoms with van der Waals surface area (Å²) in [6, 6.07) is 10.0. The van der Waals surface area contributed by atoms with Gasteiger partial charge in [-0.05, 0) is 24.9 Å². The number of benzene rings is 1. The summed E-state index contributed by atoms with van der Waals surface area (Å²) < 4.78 is 8.20. The number of rotatable bonds is 6. The molecular weight excluding hydrogens is 346 g/mol. The summed E-state index contributed by atoms with van der Waals surface area (Å²) in [6.45, 7) is 2.88. The second-order valence-corrected chi connectivity index (χ2v) is 6.75. The fourth-order valence-corrected chi connectivity index (χ4v) is 3.82. The molecule has 0 saturated carbocycles. The summed E-state index contributed by atoms with van der Waals surface area (Å²) in [4.78, 5) is 16.0. The standard InChI is InChI=1S/C16H20ClN5OS/c17-14-16(20-24-19-14)22-10-9-21(13(11-22)15(18)23)8-4-7-12-5-2-1-3-6-12/h1-3,5-6,13H,4,7-11H2,(H2,18,23). The number of piperazine rings is 1. The molecule has 2 heterocycles. The molecule has 0 bridgehead atoms. The zero-order valence-electron chi connectivity index (χ0n) is 13.3. The van der Waals surface area contributed by atoms with Gasteiger partial charge in [-0.1, -0.05) is 41.9 Å². The highest BCUT2D eigenvalue weighted by Crippen LogP contribution is 2.25. The molecule has 0 radical (unpaired) electrons. The van der Waals surface area contributed by atoms with E-state index in [2.05, 4.69) is 25.8 Å². The first-order valence-corrected chi connectivity index (χ1v) is 9.06. The van der Waals surface area contributed by atoms with Crippen molar-refractivity contribution >= 4 is 35.1 Å². The van der Waals surface area contributed by atoms with Crippen LogP contribution >= 0.6 is 23.3 Å². The van der Waals surface area contributed by atoms with E-state index in [9.17, 15) is 4.79 Å². The van der Waals surface area contributed by atoms with Gasteiger partial charge in [-0.25, -0.2) is 0 Å². The van der Waals surface area contributed by atoms with Crippen LogP contribution in [0, 0.1) is 0 Å². The molecule has 128 valence electrons. The molecule has 1 aliphatic heterocycles. The third-order valence-electron chi connectivity index (χ3n) is 4.31. The van der Waals surface area contributed by atoms with E-state index < -0.39 is 0 Å². The lowest BCUT2D eigenvalue weighted by atomic mass is 10.1. The summed E-state index contributed by atoms with van der Waals surface area (Å²) in [5.41, 5.74) is 6.93. The lowest BCUT2D eigenvalue weighted by Crippen LogP contribution is -2.58. The van der Waals surface area contributed by atoms with Crippen molar-refractivity contribution < 1.29 is 4.79 Å². The number of halogens is 1. The molecule has 24 heavy (non-hydrogen) atoms. The van der Waals surface area contributed by atoms with E-state index in [1.807, 2.05) is 23.1 Å². The second kappa shape index (κ2) is 7.92. The summed E-state index contributed by atoms with van der Waals surface area (Å²) in [5.74, 6) is 0.343. The van der Waals surface area contributed by atoms with Gasteiger partial charge in [-0.2, -0.15) is 8.75 Å². The monoisotopic (exact) mass is 365 g/mol.